The molecule has 0 saturated heterocycles. The molecule has 16 heavy (non-hydrogen) atoms. The first-order valence-electron chi connectivity index (χ1n) is 5.00. The molecule has 0 aliphatic heterocycles. The number of aliphatic hydroxyl groups is 1. The van der Waals surface area contributed by atoms with Crippen LogP contribution in [0, 0.1) is 11.8 Å². The van der Waals surface area contributed by atoms with Crippen LogP contribution in [0.5, 0.6) is 0 Å². The lowest BCUT2D eigenvalue weighted by Gasteiger charge is -1.95. The van der Waals surface area contributed by atoms with E-state index in [1.807, 2.05) is 0 Å². The van der Waals surface area contributed by atoms with Crippen LogP contribution >= 0.6 is 11.3 Å². The molecule has 4 nitrogen and oxygen atoms in total. The van der Waals surface area contributed by atoms with Crippen LogP contribution in [0.15, 0.2) is 5.38 Å². The summed E-state index contributed by atoms with van der Waals surface area (Å²) in [6.07, 6.45) is 1.29. The van der Waals surface area contributed by atoms with Crippen molar-refractivity contribution in [2.75, 3.05) is 13.2 Å². The van der Waals surface area contributed by atoms with E-state index in [2.05, 4.69) is 16.8 Å². The van der Waals surface area contributed by atoms with Crippen LogP contribution in [0.1, 0.15) is 35.3 Å². The summed E-state index contributed by atoms with van der Waals surface area (Å²) in [6.45, 7) is 2.23. The molecule has 5 heteroatoms. The van der Waals surface area contributed by atoms with Crippen molar-refractivity contribution in [1.82, 2.24) is 4.98 Å². The van der Waals surface area contributed by atoms with Crippen molar-refractivity contribution in [1.29, 1.82) is 0 Å². The molecule has 86 valence electrons. The number of carbonyl (C=O) groups excluding carboxylic acids is 1. The highest BCUT2D eigenvalue weighted by molar-refractivity contribution is 7.10. The molecule has 0 amide bonds. The summed E-state index contributed by atoms with van der Waals surface area (Å²) in [5.74, 6) is 5.29. The van der Waals surface area contributed by atoms with E-state index in [-0.39, 0.29) is 6.61 Å². The number of rotatable bonds is 4. The molecule has 0 radical (unpaired) electrons. The van der Waals surface area contributed by atoms with Crippen molar-refractivity contribution in [2.45, 2.75) is 19.8 Å². The number of aromatic nitrogens is 1. The highest BCUT2D eigenvalue weighted by atomic mass is 32.1. The van der Waals surface area contributed by atoms with E-state index in [1.54, 1.807) is 12.3 Å². The van der Waals surface area contributed by atoms with Crippen LogP contribution in [0.2, 0.25) is 0 Å². The fourth-order valence-corrected chi connectivity index (χ4v) is 1.59. The van der Waals surface area contributed by atoms with Crippen LogP contribution < -0.4 is 0 Å². The molecule has 1 N–H and O–H groups in total. The van der Waals surface area contributed by atoms with Crippen molar-refractivity contribution in [3.63, 3.8) is 0 Å². The number of esters is 1. The summed E-state index contributed by atoms with van der Waals surface area (Å²) in [7, 11) is 0. The van der Waals surface area contributed by atoms with Gasteiger partial charge in [-0.3, -0.25) is 0 Å². The fourth-order valence-electron chi connectivity index (χ4n) is 0.935. The molecule has 0 atom stereocenters. The first-order valence-corrected chi connectivity index (χ1v) is 5.88. The maximum Gasteiger partial charge on any atom is 0.357 e. The number of hydrogen-bond acceptors (Lipinski definition) is 5. The molecule has 0 unspecified atom stereocenters. The molecular formula is C11H13NO3S. The number of ether oxygens (including phenoxy) is 1. The van der Waals surface area contributed by atoms with Gasteiger partial charge in [0.05, 0.1) is 6.61 Å². The van der Waals surface area contributed by atoms with Gasteiger partial charge in [-0.25, -0.2) is 9.78 Å². The van der Waals surface area contributed by atoms with Crippen LogP contribution in [0.4, 0.5) is 0 Å². The summed E-state index contributed by atoms with van der Waals surface area (Å²) in [6, 6.07) is 0. The molecule has 0 aromatic carbocycles. The van der Waals surface area contributed by atoms with Gasteiger partial charge >= 0.3 is 5.97 Å². The lowest BCUT2D eigenvalue weighted by Crippen LogP contribution is -2.04. The van der Waals surface area contributed by atoms with Gasteiger partial charge in [0.1, 0.15) is 0 Å². The highest BCUT2D eigenvalue weighted by Crippen LogP contribution is 2.09. The third-order valence-corrected chi connectivity index (χ3v) is 2.40. The van der Waals surface area contributed by atoms with Gasteiger partial charge < -0.3 is 9.84 Å². The zero-order valence-corrected chi connectivity index (χ0v) is 9.84. The van der Waals surface area contributed by atoms with Crippen LogP contribution in [-0.4, -0.2) is 29.3 Å². The van der Waals surface area contributed by atoms with Gasteiger partial charge in [-0.1, -0.05) is 5.92 Å². The summed E-state index contributed by atoms with van der Waals surface area (Å²) in [5, 5.41) is 10.8. The van der Waals surface area contributed by atoms with E-state index in [0.717, 1.165) is 0 Å². The topological polar surface area (TPSA) is 59.4 Å². The lowest BCUT2D eigenvalue weighted by molar-refractivity contribution is 0.0520. The van der Waals surface area contributed by atoms with E-state index in [0.29, 0.717) is 30.2 Å². The summed E-state index contributed by atoms with van der Waals surface area (Å²) >= 11 is 1.31. The van der Waals surface area contributed by atoms with Crippen LogP contribution in [0.25, 0.3) is 0 Å². The van der Waals surface area contributed by atoms with Gasteiger partial charge in [-0.05, 0) is 19.3 Å². The molecule has 0 saturated carbocycles. The normalized spacial score (nSPS) is 9.38. The largest absolute Gasteiger partial charge is 0.461 e. The number of unbranched alkanes of at least 4 members (excludes halogenated alkanes) is 1. The fraction of sp³-hybridized carbons (Fsp3) is 0.455. The van der Waals surface area contributed by atoms with Crippen molar-refractivity contribution in [2.24, 2.45) is 0 Å². The number of aliphatic hydroxyl groups excluding tert-OH is 1. The Kier molecular flexibility index (Phi) is 5.54. The quantitative estimate of drug-likeness (QED) is 0.491. The number of thiazole rings is 1. The third-order valence-electron chi connectivity index (χ3n) is 1.64. The van der Waals surface area contributed by atoms with Crippen LogP contribution in [-0.2, 0) is 4.74 Å². The summed E-state index contributed by atoms with van der Waals surface area (Å²) in [5.41, 5.74) is 0.304. The molecule has 0 fully saturated rings. The average molecular weight is 239 g/mol. The maximum absolute atomic E-state index is 11.3. The number of carbonyl (C=O) groups is 1. The van der Waals surface area contributed by atoms with Gasteiger partial charge in [0.2, 0.25) is 0 Å². The second-order valence-electron chi connectivity index (χ2n) is 2.89. The molecule has 0 bridgehead atoms. The minimum absolute atomic E-state index is 0.140. The molecule has 1 aromatic heterocycles. The minimum Gasteiger partial charge on any atom is -0.461 e. The van der Waals surface area contributed by atoms with Crippen molar-refractivity contribution >= 4 is 17.3 Å². The lowest BCUT2D eigenvalue weighted by atomic mass is 10.3. The zero-order valence-electron chi connectivity index (χ0n) is 9.02. The van der Waals surface area contributed by atoms with E-state index < -0.39 is 5.97 Å². The van der Waals surface area contributed by atoms with Crippen molar-refractivity contribution < 1.29 is 14.6 Å². The van der Waals surface area contributed by atoms with E-state index >= 15 is 0 Å². The number of hydrogen-bond donors (Lipinski definition) is 1. The first-order chi connectivity index (χ1) is 7.77. The average Bonchev–Trinajstić information content (AvgIpc) is 2.73. The maximum atomic E-state index is 11.3. The molecular weight excluding hydrogens is 226 g/mol. The van der Waals surface area contributed by atoms with Crippen molar-refractivity contribution in [3.8, 4) is 11.8 Å². The van der Waals surface area contributed by atoms with Gasteiger partial charge in [0.15, 0.2) is 10.7 Å². The molecule has 1 aromatic rings. The molecule has 0 aliphatic rings. The van der Waals surface area contributed by atoms with E-state index in [4.69, 9.17) is 9.84 Å². The zero-order chi connectivity index (χ0) is 11.8. The second-order valence-corrected chi connectivity index (χ2v) is 3.75. The van der Waals surface area contributed by atoms with Gasteiger partial charge in [-0.15, -0.1) is 11.3 Å². The van der Waals surface area contributed by atoms with E-state index in [1.165, 1.54) is 11.3 Å². The Morgan fingerprint density at radius 3 is 3.19 bits per heavy atom. The Hall–Kier alpha value is -1.38. The Balaban J connectivity index is 2.56. The Morgan fingerprint density at radius 1 is 1.69 bits per heavy atom. The first kappa shape index (κ1) is 12.7. The monoisotopic (exact) mass is 239 g/mol. The second kappa shape index (κ2) is 6.99. The smallest absolute Gasteiger partial charge is 0.357 e. The van der Waals surface area contributed by atoms with Gasteiger partial charge in [0.25, 0.3) is 0 Å². The van der Waals surface area contributed by atoms with Gasteiger partial charge in [-0.2, -0.15) is 0 Å². The number of nitrogens with zero attached hydrogens (tertiary/aromatic N) is 1. The summed E-state index contributed by atoms with van der Waals surface area (Å²) in [4.78, 5) is 15.3. The highest BCUT2D eigenvalue weighted by Gasteiger charge is 2.09. The Labute approximate surface area is 98.3 Å². The predicted octanol–water partition coefficient (Wildman–Crippen LogP) is 1.44. The SMILES string of the molecule is CCOC(=O)c1csc(C#CCCCO)n1. The third kappa shape index (κ3) is 4.01. The molecule has 0 aliphatic carbocycles. The van der Waals surface area contributed by atoms with Gasteiger partial charge in [0, 0.05) is 18.4 Å². The predicted molar refractivity (Wildman–Crippen MR) is 61.3 cm³/mol. The Bertz CT molecular complexity index is 403. The van der Waals surface area contributed by atoms with Crippen molar-refractivity contribution in [3.05, 3.63) is 16.1 Å². The molecule has 1 rings (SSSR count). The Morgan fingerprint density at radius 2 is 2.50 bits per heavy atom. The minimum atomic E-state index is -0.415. The molecule has 1 heterocycles. The van der Waals surface area contributed by atoms with Crippen LogP contribution in [0.3, 0.4) is 0 Å². The standard InChI is InChI=1S/C11H13NO3S/c1-2-15-11(14)9-8-16-10(12-9)6-4-3-5-7-13/h8,13H,2-3,5,7H2,1H3. The van der Waals surface area contributed by atoms with E-state index in [9.17, 15) is 4.79 Å². The summed E-state index contributed by atoms with van der Waals surface area (Å²) < 4.78 is 4.81. The molecule has 0 spiro atoms.